The Morgan fingerprint density at radius 3 is 2.42 bits per heavy atom. The summed E-state index contributed by atoms with van der Waals surface area (Å²) >= 11 is 0. The molecular weight excluding hydrogens is 400 g/mol. The van der Waals surface area contributed by atoms with Crippen LogP contribution < -0.4 is 20.1 Å². The van der Waals surface area contributed by atoms with E-state index in [1.807, 2.05) is 19.9 Å². The van der Waals surface area contributed by atoms with Crippen molar-refractivity contribution in [3.8, 4) is 11.5 Å². The summed E-state index contributed by atoms with van der Waals surface area (Å²) in [7, 11) is 1.24. The topological polar surface area (TPSA) is 103 Å². The Morgan fingerprint density at radius 1 is 0.968 bits per heavy atom. The molecule has 0 fully saturated rings. The van der Waals surface area contributed by atoms with E-state index < -0.39 is 11.9 Å². The molecule has 8 nitrogen and oxygen atoms in total. The van der Waals surface area contributed by atoms with Gasteiger partial charge in [-0.2, -0.15) is 0 Å². The minimum absolute atomic E-state index is 0.236. The zero-order valence-electron chi connectivity index (χ0n) is 17.8. The van der Waals surface area contributed by atoms with Crippen LogP contribution in [0.2, 0.25) is 0 Å². The van der Waals surface area contributed by atoms with Crippen LogP contribution in [0.15, 0.2) is 48.5 Å². The van der Waals surface area contributed by atoms with Crippen LogP contribution in [-0.4, -0.2) is 44.7 Å². The van der Waals surface area contributed by atoms with E-state index in [-0.39, 0.29) is 12.5 Å². The maximum atomic E-state index is 12.3. The van der Waals surface area contributed by atoms with Crippen molar-refractivity contribution in [1.82, 2.24) is 5.32 Å². The van der Waals surface area contributed by atoms with E-state index in [1.54, 1.807) is 36.4 Å². The number of ether oxygens (including phenoxy) is 3. The third-order valence-electron chi connectivity index (χ3n) is 4.01. The maximum absolute atomic E-state index is 12.3. The molecule has 164 valence electrons. The molecular formula is C23H26N2O6. The fourth-order valence-electron chi connectivity index (χ4n) is 2.59. The van der Waals surface area contributed by atoms with E-state index in [2.05, 4.69) is 15.4 Å². The summed E-state index contributed by atoms with van der Waals surface area (Å²) in [5, 5.41) is 5.15. The number of hydrogen-bond acceptors (Lipinski definition) is 6. The first-order chi connectivity index (χ1) is 15.0. The predicted molar refractivity (Wildman–Crippen MR) is 117 cm³/mol. The minimum Gasteiger partial charge on any atom is -0.490 e. The quantitative estimate of drug-likeness (QED) is 0.447. The van der Waals surface area contributed by atoms with Gasteiger partial charge in [-0.3, -0.25) is 14.4 Å². The molecule has 2 N–H and O–H groups in total. The highest BCUT2D eigenvalue weighted by Gasteiger charge is 2.09. The number of carbonyl (C=O) groups is 3. The van der Waals surface area contributed by atoms with Crippen molar-refractivity contribution < 1.29 is 28.6 Å². The molecule has 0 aliphatic heterocycles. The first-order valence-corrected chi connectivity index (χ1v) is 9.80. The molecule has 2 rings (SSSR count). The van der Waals surface area contributed by atoms with Gasteiger partial charge < -0.3 is 24.8 Å². The van der Waals surface area contributed by atoms with Gasteiger partial charge in [0.1, 0.15) is 6.54 Å². The van der Waals surface area contributed by atoms with Crippen LogP contribution >= 0.6 is 0 Å². The molecule has 0 aliphatic rings. The van der Waals surface area contributed by atoms with Gasteiger partial charge >= 0.3 is 5.97 Å². The van der Waals surface area contributed by atoms with E-state index in [4.69, 9.17) is 9.47 Å². The summed E-state index contributed by atoms with van der Waals surface area (Å²) in [5.74, 6) is -0.107. The highest BCUT2D eigenvalue weighted by atomic mass is 16.5. The summed E-state index contributed by atoms with van der Waals surface area (Å²) in [4.78, 5) is 35.5. The van der Waals surface area contributed by atoms with Crippen LogP contribution in [0.5, 0.6) is 11.5 Å². The van der Waals surface area contributed by atoms with Gasteiger partial charge in [-0.25, -0.2) is 0 Å². The Hall–Kier alpha value is -3.81. The molecule has 31 heavy (non-hydrogen) atoms. The zero-order valence-corrected chi connectivity index (χ0v) is 17.8. The highest BCUT2D eigenvalue weighted by Crippen LogP contribution is 2.29. The second-order valence-electron chi connectivity index (χ2n) is 6.23. The lowest BCUT2D eigenvalue weighted by molar-refractivity contribution is -0.139. The maximum Gasteiger partial charge on any atom is 0.325 e. The standard InChI is InChI=1S/C23H26N2O6/c1-4-30-19-11-9-16(13-20(19)31-5-2)10-12-21(26)25-18-8-6-7-17(14-18)23(28)24-15-22(27)29-3/h6-14H,4-5,15H2,1-3H3,(H,24,28)(H,25,26). The van der Waals surface area contributed by atoms with Crippen LogP contribution in [-0.2, 0) is 14.3 Å². The van der Waals surface area contributed by atoms with Gasteiger partial charge in [-0.1, -0.05) is 12.1 Å². The molecule has 0 unspecified atom stereocenters. The summed E-state index contributed by atoms with van der Waals surface area (Å²) < 4.78 is 15.6. The molecule has 0 atom stereocenters. The highest BCUT2D eigenvalue weighted by molar-refractivity contribution is 6.03. The largest absolute Gasteiger partial charge is 0.490 e. The Balaban J connectivity index is 2.02. The molecule has 0 saturated heterocycles. The van der Waals surface area contributed by atoms with E-state index in [9.17, 15) is 14.4 Å². The zero-order chi connectivity index (χ0) is 22.6. The van der Waals surface area contributed by atoms with E-state index in [0.29, 0.717) is 36.0 Å². The van der Waals surface area contributed by atoms with Crippen LogP contribution in [0.1, 0.15) is 29.8 Å². The summed E-state index contributed by atoms with van der Waals surface area (Å²) in [6, 6.07) is 11.8. The molecule has 2 aromatic carbocycles. The lowest BCUT2D eigenvalue weighted by Crippen LogP contribution is -2.30. The summed E-state index contributed by atoms with van der Waals surface area (Å²) in [5.41, 5.74) is 1.53. The van der Waals surface area contributed by atoms with Crippen molar-refractivity contribution in [2.24, 2.45) is 0 Å². The van der Waals surface area contributed by atoms with Gasteiger partial charge in [0.05, 0.1) is 20.3 Å². The normalized spacial score (nSPS) is 10.4. The lowest BCUT2D eigenvalue weighted by atomic mass is 10.1. The van der Waals surface area contributed by atoms with Crippen molar-refractivity contribution in [2.75, 3.05) is 32.2 Å². The molecule has 0 radical (unpaired) electrons. The number of methoxy groups -OCH3 is 1. The number of nitrogens with one attached hydrogen (secondary N) is 2. The smallest absolute Gasteiger partial charge is 0.325 e. The van der Waals surface area contributed by atoms with Crippen molar-refractivity contribution in [2.45, 2.75) is 13.8 Å². The van der Waals surface area contributed by atoms with Gasteiger partial charge in [-0.05, 0) is 55.8 Å². The fraction of sp³-hybridized carbons (Fsp3) is 0.261. The average molecular weight is 426 g/mol. The van der Waals surface area contributed by atoms with Crippen LogP contribution in [0.3, 0.4) is 0 Å². The van der Waals surface area contributed by atoms with Crippen molar-refractivity contribution in [3.05, 3.63) is 59.7 Å². The number of benzene rings is 2. The monoisotopic (exact) mass is 426 g/mol. The molecule has 0 heterocycles. The van der Waals surface area contributed by atoms with Crippen LogP contribution in [0, 0.1) is 0 Å². The number of hydrogen-bond donors (Lipinski definition) is 2. The number of esters is 1. The van der Waals surface area contributed by atoms with Gasteiger partial charge in [0.15, 0.2) is 11.5 Å². The number of rotatable bonds is 10. The van der Waals surface area contributed by atoms with Crippen molar-refractivity contribution in [3.63, 3.8) is 0 Å². The Bertz CT molecular complexity index is 955. The van der Waals surface area contributed by atoms with E-state index in [1.165, 1.54) is 19.3 Å². The summed E-state index contributed by atoms with van der Waals surface area (Å²) in [6.45, 7) is 4.57. The second kappa shape index (κ2) is 12.0. The van der Waals surface area contributed by atoms with Gasteiger partial charge in [0, 0.05) is 17.3 Å². The van der Waals surface area contributed by atoms with Gasteiger partial charge in [0.25, 0.3) is 5.91 Å². The first-order valence-electron chi connectivity index (χ1n) is 9.80. The average Bonchev–Trinajstić information content (AvgIpc) is 2.77. The SMILES string of the molecule is CCOc1ccc(C=CC(=O)Nc2cccc(C(=O)NCC(=O)OC)c2)cc1OCC. The lowest BCUT2D eigenvalue weighted by Gasteiger charge is -2.11. The van der Waals surface area contributed by atoms with Gasteiger partial charge in [0.2, 0.25) is 5.91 Å². The molecule has 0 aliphatic carbocycles. The van der Waals surface area contributed by atoms with Crippen molar-refractivity contribution in [1.29, 1.82) is 0 Å². The van der Waals surface area contributed by atoms with Crippen LogP contribution in [0.25, 0.3) is 6.08 Å². The second-order valence-corrected chi connectivity index (χ2v) is 6.23. The Morgan fingerprint density at radius 2 is 1.71 bits per heavy atom. The van der Waals surface area contributed by atoms with Crippen LogP contribution in [0.4, 0.5) is 5.69 Å². The van der Waals surface area contributed by atoms with E-state index >= 15 is 0 Å². The molecule has 0 bridgehead atoms. The molecule has 2 aromatic rings. The minimum atomic E-state index is -0.551. The molecule has 0 spiro atoms. The van der Waals surface area contributed by atoms with E-state index in [0.717, 1.165) is 5.56 Å². The Labute approximate surface area is 181 Å². The predicted octanol–water partition coefficient (Wildman–Crippen LogP) is 3.04. The molecule has 0 aromatic heterocycles. The number of carbonyl (C=O) groups excluding carboxylic acids is 3. The third-order valence-corrected chi connectivity index (χ3v) is 4.01. The Kier molecular flexibility index (Phi) is 9.10. The fourth-order valence-corrected chi connectivity index (χ4v) is 2.59. The molecule has 2 amide bonds. The van der Waals surface area contributed by atoms with Crippen molar-refractivity contribution >= 4 is 29.5 Å². The number of anilines is 1. The molecule has 8 heteroatoms. The van der Waals surface area contributed by atoms with Gasteiger partial charge in [-0.15, -0.1) is 0 Å². The number of amides is 2. The summed E-state index contributed by atoms with van der Waals surface area (Å²) in [6.07, 6.45) is 3.04. The molecule has 0 saturated carbocycles. The first kappa shape index (κ1) is 23.5. The third kappa shape index (κ3) is 7.50.